The zero-order valence-electron chi connectivity index (χ0n) is 54.0. The van der Waals surface area contributed by atoms with E-state index in [1.807, 2.05) is 0 Å². The largest absolute Gasteiger partial charge is 0.462 e. The van der Waals surface area contributed by atoms with Crippen molar-refractivity contribution in [3.8, 4) is 0 Å². The maximum Gasteiger partial charge on any atom is 0.306 e. The number of allylic oxidation sites excluding steroid dienone is 18. The maximum atomic E-state index is 13.0. The van der Waals surface area contributed by atoms with E-state index >= 15 is 0 Å². The molecule has 1 unspecified atom stereocenters. The molecule has 0 spiro atoms. The number of rotatable bonds is 63. The van der Waals surface area contributed by atoms with Crippen molar-refractivity contribution in [2.24, 2.45) is 0 Å². The predicted octanol–water partition coefficient (Wildman–Crippen LogP) is 24.2. The van der Waals surface area contributed by atoms with Crippen LogP contribution in [0.3, 0.4) is 0 Å². The van der Waals surface area contributed by atoms with Crippen LogP contribution < -0.4 is 0 Å². The van der Waals surface area contributed by atoms with Crippen LogP contribution in [-0.2, 0) is 28.6 Å². The van der Waals surface area contributed by atoms with Gasteiger partial charge in [-0.3, -0.25) is 14.4 Å². The highest BCUT2D eigenvalue weighted by molar-refractivity contribution is 5.71. The Kier molecular flexibility index (Phi) is 66.2. The van der Waals surface area contributed by atoms with Gasteiger partial charge in [0.15, 0.2) is 6.10 Å². The van der Waals surface area contributed by atoms with Crippen molar-refractivity contribution in [3.05, 3.63) is 109 Å². The fourth-order valence-corrected chi connectivity index (χ4v) is 9.77. The second kappa shape index (κ2) is 69.6. The maximum absolute atomic E-state index is 13.0. The molecule has 0 bridgehead atoms. The lowest BCUT2D eigenvalue weighted by molar-refractivity contribution is -0.167. The van der Waals surface area contributed by atoms with Gasteiger partial charge < -0.3 is 14.2 Å². The minimum atomic E-state index is -0.792. The van der Waals surface area contributed by atoms with E-state index in [1.165, 1.54) is 173 Å². The van der Waals surface area contributed by atoms with Gasteiger partial charge >= 0.3 is 17.9 Å². The van der Waals surface area contributed by atoms with Gasteiger partial charge in [0, 0.05) is 19.3 Å². The first-order valence-corrected chi connectivity index (χ1v) is 34.9. The lowest BCUT2D eigenvalue weighted by Gasteiger charge is -2.18. The molecular formula is C76H130O6. The molecule has 0 aromatic carbocycles. The third-order valence-corrected chi connectivity index (χ3v) is 15.0. The summed E-state index contributed by atoms with van der Waals surface area (Å²) < 4.78 is 17.0. The molecule has 0 aliphatic heterocycles. The standard InChI is InChI=1S/C76H130O6/c1-4-7-10-13-16-19-22-25-28-31-33-35-37-38-40-41-43-45-48-51-54-57-60-63-66-69-75(78)81-72-73(71-80-74(77)68-65-62-59-56-53-50-47-30-27-24-21-18-15-12-9-6-3)82-76(79)70-67-64-61-58-55-52-49-46-44-42-39-36-34-32-29-26-23-20-17-14-11-8-5-2/h7,10,16,19,23,25-26,28,30,32-35,38-40,42,47,73H,4-6,8-9,11-15,17-18,20-22,24,27,29,31,36-37,41,43-46,48-72H2,1-3H3/b10-7-,19-16-,26-23-,28-25-,34-32-,35-33-,40-38-,42-39-,47-30-. The topological polar surface area (TPSA) is 78.9 Å². The van der Waals surface area contributed by atoms with E-state index in [4.69, 9.17) is 14.2 Å². The Balaban J connectivity index is 4.40. The minimum absolute atomic E-state index is 0.0868. The molecule has 0 N–H and O–H groups in total. The number of carbonyl (C=O) groups is 3. The van der Waals surface area contributed by atoms with Gasteiger partial charge in [-0.2, -0.15) is 0 Å². The molecular weight excluding hydrogens is 1010 g/mol. The third-order valence-electron chi connectivity index (χ3n) is 15.0. The molecule has 0 saturated carbocycles. The zero-order valence-corrected chi connectivity index (χ0v) is 54.0. The van der Waals surface area contributed by atoms with E-state index in [0.717, 1.165) is 122 Å². The van der Waals surface area contributed by atoms with Gasteiger partial charge in [0.05, 0.1) is 0 Å². The van der Waals surface area contributed by atoms with Crippen molar-refractivity contribution in [2.75, 3.05) is 13.2 Å². The van der Waals surface area contributed by atoms with Crippen LogP contribution in [0, 0.1) is 0 Å². The fourth-order valence-electron chi connectivity index (χ4n) is 9.77. The summed E-state index contributed by atoms with van der Waals surface area (Å²) in [4.78, 5) is 38.5. The van der Waals surface area contributed by atoms with Crippen molar-refractivity contribution in [1.29, 1.82) is 0 Å². The highest BCUT2D eigenvalue weighted by atomic mass is 16.6. The summed E-state index contributed by atoms with van der Waals surface area (Å²) in [7, 11) is 0. The Morgan fingerprint density at radius 3 is 0.756 bits per heavy atom. The molecule has 82 heavy (non-hydrogen) atoms. The second-order valence-corrected chi connectivity index (χ2v) is 23.1. The quantitative estimate of drug-likeness (QED) is 0.0261. The first-order valence-electron chi connectivity index (χ1n) is 34.9. The molecule has 1 atom stereocenters. The molecule has 0 aromatic heterocycles. The second-order valence-electron chi connectivity index (χ2n) is 23.1. The number of carbonyl (C=O) groups excluding carboxylic acids is 3. The lowest BCUT2D eigenvalue weighted by Crippen LogP contribution is -2.30. The van der Waals surface area contributed by atoms with Crippen LogP contribution in [-0.4, -0.2) is 37.2 Å². The molecule has 0 aromatic rings. The monoisotopic (exact) mass is 1140 g/mol. The van der Waals surface area contributed by atoms with E-state index in [1.54, 1.807) is 0 Å². The lowest BCUT2D eigenvalue weighted by atomic mass is 10.1. The third kappa shape index (κ3) is 66.9. The summed E-state index contributed by atoms with van der Waals surface area (Å²) in [6.07, 6.45) is 95.3. The Hall–Kier alpha value is -3.93. The minimum Gasteiger partial charge on any atom is -0.462 e. The predicted molar refractivity (Wildman–Crippen MR) is 357 cm³/mol. The molecule has 0 rings (SSSR count). The molecule has 0 radical (unpaired) electrons. The first kappa shape index (κ1) is 78.1. The smallest absolute Gasteiger partial charge is 0.306 e. The van der Waals surface area contributed by atoms with Crippen LogP contribution in [0.4, 0.5) is 0 Å². The summed E-state index contributed by atoms with van der Waals surface area (Å²) in [5.41, 5.74) is 0. The molecule has 0 saturated heterocycles. The number of unbranched alkanes of at least 4 members (excludes halogenated alkanes) is 34. The molecule has 0 aliphatic carbocycles. The van der Waals surface area contributed by atoms with Crippen LogP contribution in [0.15, 0.2) is 109 Å². The van der Waals surface area contributed by atoms with Gasteiger partial charge in [0.2, 0.25) is 0 Å². The van der Waals surface area contributed by atoms with Crippen molar-refractivity contribution in [3.63, 3.8) is 0 Å². The number of esters is 3. The van der Waals surface area contributed by atoms with Gasteiger partial charge in [-0.1, -0.05) is 297 Å². The van der Waals surface area contributed by atoms with Gasteiger partial charge in [-0.25, -0.2) is 0 Å². The van der Waals surface area contributed by atoms with Crippen LogP contribution >= 0.6 is 0 Å². The summed E-state index contributed by atoms with van der Waals surface area (Å²) in [6.45, 7) is 6.53. The van der Waals surface area contributed by atoms with Crippen LogP contribution in [0.2, 0.25) is 0 Å². The molecule has 0 aliphatic rings. The van der Waals surface area contributed by atoms with E-state index in [0.29, 0.717) is 19.3 Å². The van der Waals surface area contributed by atoms with Crippen LogP contribution in [0.5, 0.6) is 0 Å². The van der Waals surface area contributed by atoms with Gasteiger partial charge in [-0.15, -0.1) is 0 Å². The van der Waals surface area contributed by atoms with Crippen molar-refractivity contribution in [1.82, 2.24) is 0 Å². The van der Waals surface area contributed by atoms with Crippen LogP contribution in [0.1, 0.15) is 335 Å². The highest BCUT2D eigenvalue weighted by Gasteiger charge is 2.19. The van der Waals surface area contributed by atoms with Crippen molar-refractivity contribution >= 4 is 17.9 Å². The molecule has 0 heterocycles. The van der Waals surface area contributed by atoms with E-state index in [-0.39, 0.29) is 31.1 Å². The molecule has 6 heteroatoms. The Labute approximate surface area is 508 Å². The molecule has 6 nitrogen and oxygen atoms in total. The van der Waals surface area contributed by atoms with E-state index in [2.05, 4.69) is 130 Å². The summed E-state index contributed by atoms with van der Waals surface area (Å²) >= 11 is 0. The fraction of sp³-hybridized carbons (Fsp3) is 0.724. The normalized spacial score (nSPS) is 12.8. The Bertz CT molecular complexity index is 1640. The van der Waals surface area contributed by atoms with Gasteiger partial charge in [0.1, 0.15) is 13.2 Å². The average Bonchev–Trinajstić information content (AvgIpc) is 3.47. The molecule has 0 amide bonds. The van der Waals surface area contributed by atoms with Gasteiger partial charge in [0.25, 0.3) is 0 Å². The molecule has 470 valence electrons. The van der Waals surface area contributed by atoms with Crippen molar-refractivity contribution < 1.29 is 28.6 Å². The number of ether oxygens (including phenoxy) is 3. The highest BCUT2D eigenvalue weighted by Crippen LogP contribution is 2.16. The van der Waals surface area contributed by atoms with E-state index < -0.39 is 6.10 Å². The molecule has 0 fully saturated rings. The Morgan fingerprint density at radius 2 is 0.476 bits per heavy atom. The van der Waals surface area contributed by atoms with E-state index in [9.17, 15) is 14.4 Å². The van der Waals surface area contributed by atoms with Gasteiger partial charge in [-0.05, 0) is 128 Å². The summed E-state index contributed by atoms with van der Waals surface area (Å²) in [5.74, 6) is -0.895. The number of hydrogen-bond acceptors (Lipinski definition) is 6. The summed E-state index contributed by atoms with van der Waals surface area (Å²) in [5, 5.41) is 0. The van der Waals surface area contributed by atoms with Crippen molar-refractivity contribution in [2.45, 2.75) is 341 Å². The van der Waals surface area contributed by atoms with Crippen LogP contribution in [0.25, 0.3) is 0 Å². The Morgan fingerprint density at radius 1 is 0.256 bits per heavy atom. The average molecular weight is 1140 g/mol. The first-order chi connectivity index (χ1) is 40.5. The zero-order chi connectivity index (χ0) is 59.2. The number of hydrogen-bond donors (Lipinski definition) is 0. The SMILES string of the molecule is CC/C=C\C/C=C\C/C=C\C/C=C\C/C=C\CCCCCCCCCCCC(=O)OCC(COC(=O)CCCCCCC/C=C\CCCCCCCCC)OC(=O)CCCCCCCCCC/C=C\C/C=C\C/C=C\CCCCCCC. The summed E-state index contributed by atoms with van der Waals surface area (Å²) in [6, 6.07) is 0.